The summed E-state index contributed by atoms with van der Waals surface area (Å²) in [7, 11) is 0. The molecule has 0 aliphatic carbocycles. The van der Waals surface area contributed by atoms with Gasteiger partial charge >= 0.3 is 6.09 Å². The molecule has 0 bridgehead atoms. The quantitative estimate of drug-likeness (QED) is 0.750. The number of phenolic OH excluding ortho intramolecular Hbond substituents is 1. The number of carbonyl (C=O) groups is 2. The van der Waals surface area contributed by atoms with Crippen LogP contribution < -0.4 is 5.32 Å². The van der Waals surface area contributed by atoms with E-state index in [0.29, 0.717) is 18.7 Å². The summed E-state index contributed by atoms with van der Waals surface area (Å²) in [6, 6.07) is 5.89. The number of hydrogen-bond acceptors (Lipinski definition) is 3. The summed E-state index contributed by atoms with van der Waals surface area (Å²) in [5, 5.41) is 21.0. The Kier molecular flexibility index (Phi) is 3.89. The molecule has 1 aromatic rings. The van der Waals surface area contributed by atoms with E-state index in [-0.39, 0.29) is 17.7 Å². The first-order chi connectivity index (χ1) is 9.06. The van der Waals surface area contributed by atoms with Gasteiger partial charge in [0.25, 0.3) is 5.91 Å². The molecular weight excluding hydrogens is 248 g/mol. The molecule has 2 amide bonds. The van der Waals surface area contributed by atoms with Crippen molar-refractivity contribution in [2.45, 2.75) is 18.9 Å². The lowest BCUT2D eigenvalue weighted by molar-refractivity contribution is 0.0888. The van der Waals surface area contributed by atoms with Crippen LogP contribution in [0.4, 0.5) is 4.79 Å². The molecule has 6 heteroatoms. The zero-order valence-electron chi connectivity index (χ0n) is 10.4. The van der Waals surface area contributed by atoms with Crippen LogP contribution in [0.5, 0.6) is 5.75 Å². The molecule has 1 saturated heterocycles. The van der Waals surface area contributed by atoms with Crippen LogP contribution in [0, 0.1) is 0 Å². The Bertz CT molecular complexity index is 489. The third-order valence-electron chi connectivity index (χ3n) is 3.14. The maximum Gasteiger partial charge on any atom is 0.407 e. The van der Waals surface area contributed by atoms with Crippen LogP contribution in [0.1, 0.15) is 23.2 Å². The van der Waals surface area contributed by atoms with E-state index in [2.05, 4.69) is 5.32 Å². The average Bonchev–Trinajstić information content (AvgIpc) is 2.39. The van der Waals surface area contributed by atoms with Gasteiger partial charge in [0.15, 0.2) is 0 Å². The van der Waals surface area contributed by atoms with E-state index in [0.717, 1.165) is 12.8 Å². The van der Waals surface area contributed by atoms with Crippen LogP contribution in [-0.4, -0.2) is 46.2 Å². The van der Waals surface area contributed by atoms with E-state index < -0.39 is 6.09 Å². The van der Waals surface area contributed by atoms with Crippen molar-refractivity contribution in [1.29, 1.82) is 0 Å². The highest BCUT2D eigenvalue weighted by Crippen LogP contribution is 2.13. The highest BCUT2D eigenvalue weighted by atomic mass is 16.4. The van der Waals surface area contributed by atoms with Crippen molar-refractivity contribution in [3.05, 3.63) is 29.8 Å². The minimum atomic E-state index is -0.962. The lowest BCUT2D eigenvalue weighted by Gasteiger charge is -2.31. The largest absolute Gasteiger partial charge is 0.508 e. The van der Waals surface area contributed by atoms with Gasteiger partial charge in [0.2, 0.25) is 0 Å². The molecular formula is C13H16N2O4. The second kappa shape index (κ2) is 5.60. The second-order valence-corrected chi connectivity index (χ2v) is 4.59. The number of piperidine rings is 1. The predicted octanol–water partition coefficient (Wildman–Crippen LogP) is 1.26. The second-order valence-electron chi connectivity index (χ2n) is 4.59. The molecule has 6 nitrogen and oxygen atoms in total. The molecule has 2 rings (SSSR count). The number of rotatable bonds is 2. The minimum absolute atomic E-state index is 0.0310. The topological polar surface area (TPSA) is 89.9 Å². The third kappa shape index (κ3) is 3.37. The first-order valence-electron chi connectivity index (χ1n) is 6.14. The van der Waals surface area contributed by atoms with Gasteiger partial charge in [0.05, 0.1) is 0 Å². The van der Waals surface area contributed by atoms with Crippen molar-refractivity contribution >= 4 is 12.0 Å². The zero-order chi connectivity index (χ0) is 13.8. The molecule has 3 N–H and O–H groups in total. The third-order valence-corrected chi connectivity index (χ3v) is 3.14. The van der Waals surface area contributed by atoms with E-state index in [4.69, 9.17) is 5.11 Å². The Balaban J connectivity index is 1.97. The van der Waals surface area contributed by atoms with Crippen LogP contribution in [-0.2, 0) is 0 Å². The monoisotopic (exact) mass is 264 g/mol. The van der Waals surface area contributed by atoms with Gasteiger partial charge in [-0.1, -0.05) is 6.07 Å². The van der Waals surface area contributed by atoms with Crippen molar-refractivity contribution < 1.29 is 19.8 Å². The maximum absolute atomic E-state index is 12.0. The number of carboxylic acid groups (broad SMARTS) is 1. The maximum atomic E-state index is 12.0. The van der Waals surface area contributed by atoms with Crippen LogP contribution in [0.2, 0.25) is 0 Å². The van der Waals surface area contributed by atoms with Gasteiger partial charge in [0.1, 0.15) is 5.75 Å². The number of aromatic hydroxyl groups is 1. The summed E-state index contributed by atoms with van der Waals surface area (Å²) >= 11 is 0. The number of phenols is 1. The molecule has 1 aliphatic heterocycles. The van der Waals surface area contributed by atoms with Crippen LogP contribution >= 0.6 is 0 Å². The molecule has 102 valence electrons. The Morgan fingerprint density at radius 3 is 2.84 bits per heavy atom. The number of nitrogens with zero attached hydrogens (tertiary/aromatic N) is 1. The van der Waals surface area contributed by atoms with Crippen molar-refractivity contribution in [1.82, 2.24) is 10.2 Å². The van der Waals surface area contributed by atoms with E-state index in [1.165, 1.54) is 17.0 Å². The standard InChI is InChI=1S/C13H16N2O4/c16-11-5-1-3-9(7-11)12(17)14-10-4-2-6-15(8-10)13(18)19/h1,3,5,7,10,16H,2,4,6,8H2,(H,14,17)(H,18,19)/t10-/m1/s1. The van der Waals surface area contributed by atoms with Crippen molar-refractivity contribution in [2.75, 3.05) is 13.1 Å². The summed E-state index contributed by atoms with van der Waals surface area (Å²) in [5.41, 5.74) is 0.368. The molecule has 0 saturated carbocycles. The molecule has 1 heterocycles. The summed E-state index contributed by atoms with van der Waals surface area (Å²) < 4.78 is 0. The summed E-state index contributed by atoms with van der Waals surface area (Å²) in [5.74, 6) is -0.267. The minimum Gasteiger partial charge on any atom is -0.508 e. The Hall–Kier alpha value is -2.24. The van der Waals surface area contributed by atoms with E-state index in [1.54, 1.807) is 12.1 Å². The van der Waals surface area contributed by atoms with Gasteiger partial charge in [-0.3, -0.25) is 4.79 Å². The lowest BCUT2D eigenvalue weighted by atomic mass is 10.1. The van der Waals surface area contributed by atoms with Gasteiger partial charge < -0.3 is 20.4 Å². The van der Waals surface area contributed by atoms with Gasteiger partial charge in [-0.15, -0.1) is 0 Å². The van der Waals surface area contributed by atoms with E-state index in [9.17, 15) is 14.7 Å². The van der Waals surface area contributed by atoms with Gasteiger partial charge in [-0.25, -0.2) is 4.79 Å². The Labute approximate surface area is 110 Å². The molecule has 0 unspecified atom stereocenters. The Morgan fingerprint density at radius 1 is 1.37 bits per heavy atom. The summed E-state index contributed by atoms with van der Waals surface area (Å²) in [4.78, 5) is 24.1. The first-order valence-corrected chi connectivity index (χ1v) is 6.14. The molecule has 1 aliphatic rings. The average molecular weight is 264 g/mol. The van der Waals surface area contributed by atoms with Gasteiger partial charge in [0, 0.05) is 24.7 Å². The van der Waals surface area contributed by atoms with Crippen LogP contribution in [0.15, 0.2) is 24.3 Å². The fourth-order valence-corrected chi connectivity index (χ4v) is 2.18. The number of likely N-dealkylation sites (tertiary alicyclic amines) is 1. The number of carbonyl (C=O) groups excluding carboxylic acids is 1. The number of amides is 2. The summed E-state index contributed by atoms with van der Waals surface area (Å²) in [6.45, 7) is 0.813. The summed E-state index contributed by atoms with van der Waals surface area (Å²) in [6.07, 6.45) is 0.530. The van der Waals surface area contributed by atoms with Crippen LogP contribution in [0.3, 0.4) is 0 Å². The lowest BCUT2D eigenvalue weighted by Crippen LogP contribution is -2.49. The molecule has 1 fully saturated rings. The fourth-order valence-electron chi connectivity index (χ4n) is 2.18. The molecule has 0 spiro atoms. The number of benzene rings is 1. The van der Waals surface area contributed by atoms with Crippen LogP contribution in [0.25, 0.3) is 0 Å². The smallest absolute Gasteiger partial charge is 0.407 e. The molecule has 1 atom stereocenters. The van der Waals surface area contributed by atoms with Gasteiger partial charge in [-0.05, 0) is 31.0 Å². The van der Waals surface area contributed by atoms with Crippen molar-refractivity contribution in [3.8, 4) is 5.75 Å². The van der Waals surface area contributed by atoms with Crippen molar-refractivity contribution in [3.63, 3.8) is 0 Å². The molecule has 19 heavy (non-hydrogen) atoms. The Morgan fingerprint density at radius 2 is 2.16 bits per heavy atom. The number of hydrogen-bond donors (Lipinski definition) is 3. The highest BCUT2D eigenvalue weighted by molar-refractivity contribution is 5.94. The van der Waals surface area contributed by atoms with E-state index >= 15 is 0 Å². The van der Waals surface area contributed by atoms with Gasteiger partial charge in [-0.2, -0.15) is 0 Å². The SMILES string of the molecule is O=C(N[C@@H]1CCCN(C(=O)O)C1)c1cccc(O)c1. The van der Waals surface area contributed by atoms with Crippen molar-refractivity contribution in [2.24, 2.45) is 0 Å². The zero-order valence-corrected chi connectivity index (χ0v) is 10.4. The fraction of sp³-hybridized carbons (Fsp3) is 0.385. The van der Waals surface area contributed by atoms with E-state index in [1.807, 2.05) is 0 Å². The predicted molar refractivity (Wildman–Crippen MR) is 68.2 cm³/mol. The molecule has 0 aromatic heterocycles. The molecule has 0 radical (unpaired) electrons. The first kappa shape index (κ1) is 13.2. The highest BCUT2D eigenvalue weighted by Gasteiger charge is 2.24. The normalized spacial score (nSPS) is 18.9. The molecule has 1 aromatic carbocycles. The number of nitrogens with one attached hydrogen (secondary N) is 1.